The van der Waals surface area contributed by atoms with Crippen LogP contribution in [-0.2, 0) is 27.4 Å². The van der Waals surface area contributed by atoms with Crippen LogP contribution in [0.25, 0.3) is 0 Å². The molecular formula is C16H13F3N2O6S. The Bertz CT molecular complexity index is 993. The molecule has 0 radical (unpaired) electrons. The molecule has 0 fully saturated rings. The first-order valence-corrected chi connectivity index (χ1v) is 9.05. The van der Waals surface area contributed by atoms with Gasteiger partial charge in [-0.2, -0.15) is 17.9 Å². The first-order valence-electron chi connectivity index (χ1n) is 7.56. The van der Waals surface area contributed by atoms with Gasteiger partial charge in [0.1, 0.15) is 11.6 Å². The van der Waals surface area contributed by atoms with E-state index >= 15 is 0 Å². The molecule has 1 unspecified atom stereocenters. The van der Waals surface area contributed by atoms with E-state index in [-0.39, 0.29) is 12.5 Å². The van der Waals surface area contributed by atoms with Crippen molar-refractivity contribution >= 4 is 21.7 Å². The molecular weight excluding hydrogens is 405 g/mol. The van der Waals surface area contributed by atoms with Gasteiger partial charge in [-0.3, -0.25) is 14.9 Å². The van der Waals surface area contributed by atoms with Gasteiger partial charge in [-0.05, 0) is 24.1 Å². The quantitative estimate of drug-likeness (QED) is 0.526. The van der Waals surface area contributed by atoms with Crippen LogP contribution in [0.4, 0.5) is 18.9 Å². The van der Waals surface area contributed by atoms with Crippen molar-refractivity contribution in [2.45, 2.75) is 23.5 Å². The Kier molecular flexibility index (Phi) is 6.04. The number of alkyl halides is 3. The number of hydrogen-bond donors (Lipinski definition) is 2. The number of sulfonamides is 1. The Balaban J connectivity index is 2.39. The molecule has 0 saturated heterocycles. The topological polar surface area (TPSA) is 127 Å². The van der Waals surface area contributed by atoms with Crippen LogP contribution in [0.3, 0.4) is 0 Å². The highest BCUT2D eigenvalue weighted by Gasteiger charge is 2.39. The lowest BCUT2D eigenvalue weighted by Crippen LogP contribution is -2.42. The molecule has 12 heteroatoms. The number of hydrogen-bond acceptors (Lipinski definition) is 5. The van der Waals surface area contributed by atoms with Gasteiger partial charge in [0.2, 0.25) is 10.0 Å². The molecule has 2 N–H and O–H groups in total. The third-order valence-corrected chi connectivity index (χ3v) is 5.13. The Morgan fingerprint density at radius 3 is 2.29 bits per heavy atom. The van der Waals surface area contributed by atoms with Crippen LogP contribution >= 0.6 is 0 Å². The third kappa shape index (κ3) is 5.04. The first-order chi connectivity index (χ1) is 12.9. The fraction of sp³-hybridized carbons (Fsp3) is 0.188. The van der Waals surface area contributed by atoms with Crippen molar-refractivity contribution in [2.75, 3.05) is 0 Å². The average molecular weight is 418 g/mol. The zero-order chi connectivity index (χ0) is 21.1. The van der Waals surface area contributed by atoms with E-state index in [2.05, 4.69) is 0 Å². The molecule has 0 aromatic heterocycles. The fourth-order valence-corrected chi connectivity index (χ4v) is 3.57. The number of carboxylic acid groups (broad SMARTS) is 1. The predicted octanol–water partition coefficient (Wildman–Crippen LogP) is 2.59. The number of nitrogens with one attached hydrogen (secondary N) is 1. The molecule has 2 aromatic rings. The second-order valence-corrected chi connectivity index (χ2v) is 7.35. The maximum Gasteiger partial charge on any atom is 0.423 e. The number of carboxylic acids is 1. The van der Waals surface area contributed by atoms with Crippen LogP contribution in [0.2, 0.25) is 0 Å². The van der Waals surface area contributed by atoms with Crippen LogP contribution < -0.4 is 4.72 Å². The van der Waals surface area contributed by atoms with E-state index in [1.165, 1.54) is 0 Å². The lowest BCUT2D eigenvalue weighted by atomic mass is 10.1. The number of carbonyl (C=O) groups is 1. The lowest BCUT2D eigenvalue weighted by molar-refractivity contribution is -0.388. The van der Waals surface area contributed by atoms with Crippen molar-refractivity contribution in [1.29, 1.82) is 0 Å². The Morgan fingerprint density at radius 1 is 1.18 bits per heavy atom. The summed E-state index contributed by atoms with van der Waals surface area (Å²) in [5.41, 5.74) is -2.59. The summed E-state index contributed by atoms with van der Waals surface area (Å²) in [6, 6.07) is 7.44. The number of rotatable bonds is 7. The molecule has 0 bridgehead atoms. The number of benzene rings is 2. The molecule has 150 valence electrons. The minimum atomic E-state index is -5.18. The Labute approximate surface area is 156 Å². The van der Waals surface area contributed by atoms with Crippen molar-refractivity contribution in [3.05, 3.63) is 69.8 Å². The normalized spacial score (nSPS) is 13.1. The van der Waals surface area contributed by atoms with E-state index in [9.17, 15) is 41.6 Å². The highest BCUT2D eigenvalue weighted by Crippen LogP contribution is 2.37. The van der Waals surface area contributed by atoms with Crippen LogP contribution in [-0.4, -0.2) is 30.5 Å². The summed E-state index contributed by atoms with van der Waals surface area (Å²) in [7, 11) is -4.70. The third-order valence-electron chi connectivity index (χ3n) is 3.66. The summed E-state index contributed by atoms with van der Waals surface area (Å²) in [6.45, 7) is 0. The van der Waals surface area contributed by atoms with Gasteiger partial charge in [-0.25, -0.2) is 8.42 Å². The van der Waals surface area contributed by atoms with E-state index in [0.29, 0.717) is 17.7 Å². The van der Waals surface area contributed by atoms with Crippen molar-refractivity contribution in [3.63, 3.8) is 0 Å². The van der Waals surface area contributed by atoms with Crippen molar-refractivity contribution in [3.8, 4) is 0 Å². The van der Waals surface area contributed by atoms with E-state index in [0.717, 1.165) is 0 Å². The molecule has 0 heterocycles. The van der Waals surface area contributed by atoms with Gasteiger partial charge in [-0.15, -0.1) is 0 Å². The number of nitro groups is 1. The molecule has 28 heavy (non-hydrogen) atoms. The number of aliphatic carboxylic acids is 1. The highest BCUT2D eigenvalue weighted by atomic mass is 32.2. The second kappa shape index (κ2) is 7.94. The van der Waals surface area contributed by atoms with Crippen molar-refractivity contribution in [2.24, 2.45) is 0 Å². The zero-order valence-electron chi connectivity index (χ0n) is 13.9. The fourth-order valence-electron chi connectivity index (χ4n) is 2.35. The highest BCUT2D eigenvalue weighted by molar-refractivity contribution is 7.89. The minimum absolute atomic E-state index is 0.0991. The second-order valence-electron chi connectivity index (χ2n) is 5.64. The summed E-state index contributed by atoms with van der Waals surface area (Å²) < 4.78 is 65.7. The zero-order valence-corrected chi connectivity index (χ0v) is 14.7. The summed E-state index contributed by atoms with van der Waals surface area (Å²) in [4.78, 5) is 19.9. The molecule has 0 saturated carbocycles. The molecule has 0 aliphatic carbocycles. The number of nitrogens with zero attached hydrogens (tertiary/aromatic N) is 1. The molecule has 0 amide bonds. The van der Waals surface area contributed by atoms with Gasteiger partial charge in [-0.1, -0.05) is 30.3 Å². The summed E-state index contributed by atoms with van der Waals surface area (Å²) >= 11 is 0. The molecule has 0 aliphatic heterocycles. The van der Waals surface area contributed by atoms with E-state index in [1.807, 2.05) is 4.72 Å². The molecule has 0 spiro atoms. The summed E-state index contributed by atoms with van der Waals surface area (Å²) in [5.74, 6) is -1.54. The summed E-state index contributed by atoms with van der Waals surface area (Å²) in [6.07, 6.45) is -5.43. The van der Waals surface area contributed by atoms with Gasteiger partial charge in [0.15, 0.2) is 0 Å². The largest absolute Gasteiger partial charge is 0.480 e. The predicted molar refractivity (Wildman–Crippen MR) is 90.0 cm³/mol. The minimum Gasteiger partial charge on any atom is -0.480 e. The van der Waals surface area contributed by atoms with Gasteiger partial charge < -0.3 is 5.11 Å². The number of halogens is 3. The monoisotopic (exact) mass is 418 g/mol. The lowest BCUT2D eigenvalue weighted by Gasteiger charge is -2.16. The summed E-state index contributed by atoms with van der Waals surface area (Å²) in [5, 5.41) is 20.0. The molecule has 0 aliphatic rings. The maximum atomic E-state index is 13.0. The Morgan fingerprint density at radius 2 is 1.79 bits per heavy atom. The van der Waals surface area contributed by atoms with Crippen LogP contribution in [0.5, 0.6) is 0 Å². The van der Waals surface area contributed by atoms with Crippen LogP contribution in [0.15, 0.2) is 53.4 Å². The van der Waals surface area contributed by atoms with Crippen molar-refractivity contribution < 1.29 is 36.4 Å². The van der Waals surface area contributed by atoms with E-state index in [1.54, 1.807) is 30.3 Å². The first kappa shape index (κ1) is 21.3. The van der Waals surface area contributed by atoms with Gasteiger partial charge in [0.05, 0.1) is 9.82 Å². The molecule has 1 atom stereocenters. The van der Waals surface area contributed by atoms with Crippen LogP contribution in [0, 0.1) is 10.1 Å². The van der Waals surface area contributed by atoms with Gasteiger partial charge in [0.25, 0.3) is 5.69 Å². The standard InChI is InChI=1S/C16H13F3N2O6S/c17-16(18,19)12-9-11(6-7-14(12)21(24)25)28(26,27)20-13(15(22)23)8-10-4-2-1-3-5-10/h1-7,9,13,20H,8H2,(H,22,23). The molecule has 2 rings (SSSR count). The van der Waals surface area contributed by atoms with E-state index < -0.39 is 49.3 Å². The maximum absolute atomic E-state index is 13.0. The van der Waals surface area contributed by atoms with E-state index in [4.69, 9.17) is 0 Å². The van der Waals surface area contributed by atoms with Crippen molar-refractivity contribution in [1.82, 2.24) is 4.72 Å². The molecule has 2 aromatic carbocycles. The molecule has 8 nitrogen and oxygen atoms in total. The smallest absolute Gasteiger partial charge is 0.423 e. The SMILES string of the molecule is O=C(O)C(Cc1ccccc1)NS(=O)(=O)c1ccc([N+](=O)[O-])c(C(F)(F)F)c1. The Hall–Kier alpha value is -2.99. The van der Waals surface area contributed by atoms with Gasteiger partial charge in [0, 0.05) is 6.07 Å². The van der Waals surface area contributed by atoms with Crippen LogP contribution in [0.1, 0.15) is 11.1 Å². The average Bonchev–Trinajstić information content (AvgIpc) is 2.60. The van der Waals surface area contributed by atoms with Gasteiger partial charge >= 0.3 is 12.1 Å². The number of nitro benzene ring substituents is 1.